The maximum Gasteiger partial charge on any atom is 0.260 e. The van der Waals surface area contributed by atoms with Gasteiger partial charge >= 0.3 is 0 Å². The number of aryl methyl sites for hydroxylation is 1. The third-order valence-electron chi connectivity index (χ3n) is 4.24. The normalized spacial score (nSPS) is 12.8. The van der Waals surface area contributed by atoms with Gasteiger partial charge in [-0.2, -0.15) is 0 Å². The fraction of sp³-hybridized carbons (Fsp3) is 0.286. The SMILES string of the molecule is C/C=C(\C=C/C(=N)N/C=C(\C)Cn1ccc2c(C)cncc2c1=O)CC. The molecule has 0 aliphatic carbocycles. The van der Waals surface area contributed by atoms with Crippen LogP contribution in [0.25, 0.3) is 10.8 Å². The Labute approximate surface area is 154 Å². The van der Waals surface area contributed by atoms with Gasteiger partial charge in [-0.15, -0.1) is 0 Å². The molecule has 2 rings (SSSR count). The van der Waals surface area contributed by atoms with E-state index >= 15 is 0 Å². The number of hydrogen-bond acceptors (Lipinski definition) is 3. The summed E-state index contributed by atoms with van der Waals surface area (Å²) in [5, 5.41) is 12.4. The molecule has 2 N–H and O–H groups in total. The minimum absolute atomic E-state index is 0.0536. The summed E-state index contributed by atoms with van der Waals surface area (Å²) in [4.78, 5) is 16.7. The highest BCUT2D eigenvalue weighted by Gasteiger charge is 2.05. The maximum absolute atomic E-state index is 12.6. The molecule has 0 fully saturated rings. The first-order valence-corrected chi connectivity index (χ1v) is 8.74. The molecule has 0 spiro atoms. The van der Waals surface area contributed by atoms with Crippen molar-refractivity contribution >= 4 is 16.6 Å². The molecule has 5 nitrogen and oxygen atoms in total. The highest BCUT2D eigenvalue weighted by molar-refractivity contribution is 5.91. The van der Waals surface area contributed by atoms with Crippen LogP contribution >= 0.6 is 0 Å². The highest BCUT2D eigenvalue weighted by atomic mass is 16.1. The van der Waals surface area contributed by atoms with E-state index in [2.05, 4.69) is 17.2 Å². The van der Waals surface area contributed by atoms with Crippen LogP contribution < -0.4 is 10.9 Å². The average Bonchev–Trinajstić information content (AvgIpc) is 2.63. The Balaban J connectivity index is 2.10. The Bertz CT molecular complexity index is 948. The zero-order chi connectivity index (χ0) is 19.1. The molecular formula is C21H26N4O. The summed E-state index contributed by atoms with van der Waals surface area (Å²) >= 11 is 0. The number of aromatic nitrogens is 2. The van der Waals surface area contributed by atoms with Gasteiger partial charge in [0.2, 0.25) is 0 Å². The molecule has 0 bridgehead atoms. The molecule has 0 unspecified atom stereocenters. The fourth-order valence-corrected chi connectivity index (χ4v) is 2.65. The van der Waals surface area contributed by atoms with Gasteiger partial charge in [0, 0.05) is 31.3 Å². The molecule has 0 aliphatic rings. The Hall–Kier alpha value is -2.95. The first-order valence-electron chi connectivity index (χ1n) is 8.74. The van der Waals surface area contributed by atoms with E-state index in [4.69, 9.17) is 5.41 Å². The predicted molar refractivity (Wildman–Crippen MR) is 109 cm³/mol. The second-order valence-corrected chi connectivity index (χ2v) is 6.27. The number of allylic oxidation sites excluding steroid dienone is 4. The summed E-state index contributed by atoms with van der Waals surface area (Å²) in [7, 11) is 0. The third-order valence-corrected chi connectivity index (χ3v) is 4.24. The minimum atomic E-state index is -0.0536. The number of fused-ring (bicyclic) bond motifs is 1. The van der Waals surface area contributed by atoms with E-state index in [1.807, 2.05) is 39.0 Å². The lowest BCUT2D eigenvalue weighted by Gasteiger charge is -2.09. The number of nitrogens with one attached hydrogen (secondary N) is 2. The molecule has 0 saturated heterocycles. The van der Waals surface area contributed by atoms with Crippen LogP contribution in [-0.4, -0.2) is 15.4 Å². The van der Waals surface area contributed by atoms with Crippen molar-refractivity contribution in [2.45, 2.75) is 40.7 Å². The molecule has 0 aliphatic heterocycles. The molecule has 26 heavy (non-hydrogen) atoms. The molecule has 2 heterocycles. The van der Waals surface area contributed by atoms with E-state index in [-0.39, 0.29) is 5.56 Å². The van der Waals surface area contributed by atoms with Crippen LogP contribution in [0.5, 0.6) is 0 Å². The van der Waals surface area contributed by atoms with E-state index in [0.29, 0.717) is 17.8 Å². The number of pyridine rings is 2. The highest BCUT2D eigenvalue weighted by Crippen LogP contribution is 2.12. The molecule has 2 aromatic rings. The Morgan fingerprint density at radius 3 is 2.77 bits per heavy atom. The smallest absolute Gasteiger partial charge is 0.260 e. The molecule has 5 heteroatoms. The number of hydrogen-bond donors (Lipinski definition) is 2. The topological polar surface area (TPSA) is 70.8 Å². The van der Waals surface area contributed by atoms with Crippen molar-refractivity contribution in [3.63, 3.8) is 0 Å². The Morgan fingerprint density at radius 1 is 1.31 bits per heavy atom. The van der Waals surface area contributed by atoms with E-state index < -0.39 is 0 Å². The summed E-state index contributed by atoms with van der Waals surface area (Å²) in [6, 6.07) is 1.95. The van der Waals surface area contributed by atoms with Crippen molar-refractivity contribution in [3.05, 3.63) is 76.1 Å². The van der Waals surface area contributed by atoms with Crippen molar-refractivity contribution in [2.75, 3.05) is 0 Å². The monoisotopic (exact) mass is 350 g/mol. The van der Waals surface area contributed by atoms with Gasteiger partial charge in [-0.25, -0.2) is 0 Å². The van der Waals surface area contributed by atoms with E-state index in [1.54, 1.807) is 35.4 Å². The molecule has 2 aromatic heterocycles. The fourth-order valence-electron chi connectivity index (χ4n) is 2.65. The van der Waals surface area contributed by atoms with Crippen LogP contribution in [0.2, 0.25) is 0 Å². The predicted octanol–water partition coefficient (Wildman–Crippen LogP) is 4.09. The lowest BCUT2D eigenvalue weighted by Crippen LogP contribution is -2.21. The Kier molecular flexibility index (Phi) is 6.67. The first-order chi connectivity index (χ1) is 12.5. The van der Waals surface area contributed by atoms with Crippen LogP contribution in [0.15, 0.2) is 65.0 Å². The average molecular weight is 350 g/mol. The van der Waals surface area contributed by atoms with Gasteiger partial charge in [-0.1, -0.05) is 24.6 Å². The first kappa shape index (κ1) is 19.4. The molecule has 0 saturated carbocycles. The quantitative estimate of drug-likeness (QED) is 0.468. The van der Waals surface area contributed by atoms with E-state index in [1.165, 1.54) is 5.57 Å². The van der Waals surface area contributed by atoms with Gasteiger partial charge in [0.25, 0.3) is 5.56 Å². The van der Waals surface area contributed by atoms with Crippen molar-refractivity contribution in [1.82, 2.24) is 14.9 Å². The number of nitrogens with zero attached hydrogens (tertiary/aromatic N) is 2. The lowest BCUT2D eigenvalue weighted by molar-refractivity contribution is 0.750. The lowest BCUT2D eigenvalue weighted by atomic mass is 10.1. The second kappa shape index (κ2) is 8.94. The van der Waals surface area contributed by atoms with E-state index in [9.17, 15) is 4.79 Å². The molecule has 0 radical (unpaired) electrons. The van der Waals surface area contributed by atoms with Crippen molar-refractivity contribution in [3.8, 4) is 0 Å². The summed E-state index contributed by atoms with van der Waals surface area (Å²) in [6.45, 7) is 8.41. The minimum Gasteiger partial charge on any atom is -0.347 e. The van der Waals surface area contributed by atoms with Crippen molar-refractivity contribution in [1.29, 1.82) is 5.41 Å². The maximum atomic E-state index is 12.6. The third kappa shape index (κ3) is 4.79. The summed E-state index contributed by atoms with van der Waals surface area (Å²) in [5.41, 5.74) is 3.08. The van der Waals surface area contributed by atoms with Crippen LogP contribution in [0.1, 0.15) is 32.8 Å². The van der Waals surface area contributed by atoms with Crippen LogP contribution in [0.4, 0.5) is 0 Å². The molecule has 0 aromatic carbocycles. The van der Waals surface area contributed by atoms with Crippen molar-refractivity contribution in [2.24, 2.45) is 0 Å². The second-order valence-electron chi connectivity index (χ2n) is 6.27. The van der Waals surface area contributed by atoms with Crippen LogP contribution in [0.3, 0.4) is 0 Å². The zero-order valence-corrected chi connectivity index (χ0v) is 15.8. The van der Waals surface area contributed by atoms with Gasteiger partial charge in [0.1, 0.15) is 5.84 Å². The van der Waals surface area contributed by atoms with E-state index in [0.717, 1.165) is 22.9 Å². The molecule has 0 atom stereocenters. The summed E-state index contributed by atoms with van der Waals surface area (Å²) in [5.74, 6) is 0.308. The summed E-state index contributed by atoms with van der Waals surface area (Å²) < 4.78 is 1.66. The number of amidine groups is 1. The van der Waals surface area contributed by atoms with Gasteiger partial charge in [-0.05, 0) is 55.9 Å². The largest absolute Gasteiger partial charge is 0.347 e. The van der Waals surface area contributed by atoms with Gasteiger partial charge < -0.3 is 9.88 Å². The molecule has 0 amide bonds. The van der Waals surface area contributed by atoms with Gasteiger partial charge in [0.15, 0.2) is 0 Å². The Morgan fingerprint density at radius 2 is 2.08 bits per heavy atom. The molecule has 136 valence electrons. The number of rotatable bonds is 6. The zero-order valence-electron chi connectivity index (χ0n) is 15.8. The van der Waals surface area contributed by atoms with Gasteiger partial charge in [-0.3, -0.25) is 15.2 Å². The standard InChI is InChI=1S/C21H26N4O/c1-5-17(6-2)7-8-20(22)24-11-15(3)14-25-10-9-18-16(4)12-23-13-19(18)21(25)26/h5,7-13H,6,14H2,1-4H3,(H2,22,24)/b8-7-,15-11+,17-5-. The van der Waals surface area contributed by atoms with Crippen LogP contribution in [-0.2, 0) is 6.54 Å². The van der Waals surface area contributed by atoms with Gasteiger partial charge in [0.05, 0.1) is 5.39 Å². The van der Waals surface area contributed by atoms with Crippen LogP contribution in [0, 0.1) is 12.3 Å². The van der Waals surface area contributed by atoms with Crippen molar-refractivity contribution < 1.29 is 0 Å². The summed E-state index contributed by atoms with van der Waals surface area (Å²) in [6.07, 6.45) is 13.6. The molecular weight excluding hydrogens is 324 g/mol.